The standard InChI is InChI=1S/C25H24N4O3/c1-2-16-31-21-12-3-4-13-22(21)32-24-19(10-7-15-27-24)17-28-25(30)29-20-11-5-8-18-9-6-14-26-23(18)20/h3-15H,2,16-17H2,1H3,(H2,28,29,30). The van der Waals surface area contributed by atoms with Gasteiger partial charge in [-0.15, -0.1) is 0 Å². The van der Waals surface area contributed by atoms with E-state index in [1.54, 1.807) is 18.5 Å². The van der Waals surface area contributed by atoms with Crippen molar-refractivity contribution in [3.05, 3.63) is 84.7 Å². The smallest absolute Gasteiger partial charge is 0.319 e. The minimum absolute atomic E-state index is 0.241. The maximum absolute atomic E-state index is 12.5. The predicted molar refractivity (Wildman–Crippen MR) is 124 cm³/mol. The number of nitrogens with one attached hydrogen (secondary N) is 2. The Morgan fingerprint density at radius 3 is 2.56 bits per heavy atom. The molecule has 0 spiro atoms. The Morgan fingerprint density at radius 1 is 0.906 bits per heavy atom. The topological polar surface area (TPSA) is 85.4 Å². The van der Waals surface area contributed by atoms with Crippen LogP contribution in [0.1, 0.15) is 18.9 Å². The van der Waals surface area contributed by atoms with Crippen molar-refractivity contribution in [1.82, 2.24) is 15.3 Å². The van der Waals surface area contributed by atoms with Crippen LogP contribution >= 0.6 is 0 Å². The Morgan fingerprint density at radius 2 is 1.69 bits per heavy atom. The van der Waals surface area contributed by atoms with Gasteiger partial charge in [-0.3, -0.25) is 4.98 Å². The third-order valence-electron chi connectivity index (χ3n) is 4.69. The zero-order valence-electron chi connectivity index (χ0n) is 17.7. The molecule has 0 saturated heterocycles. The number of benzene rings is 2. The minimum atomic E-state index is -0.343. The number of fused-ring (bicyclic) bond motifs is 1. The van der Waals surface area contributed by atoms with Crippen molar-refractivity contribution in [2.24, 2.45) is 0 Å². The van der Waals surface area contributed by atoms with Crippen LogP contribution < -0.4 is 20.1 Å². The van der Waals surface area contributed by atoms with Gasteiger partial charge in [0.15, 0.2) is 11.5 Å². The molecule has 0 fully saturated rings. The first kappa shape index (κ1) is 21.1. The second kappa shape index (κ2) is 10.3. The summed E-state index contributed by atoms with van der Waals surface area (Å²) in [4.78, 5) is 21.2. The Hall–Kier alpha value is -4.13. The molecule has 0 aliphatic heterocycles. The van der Waals surface area contributed by atoms with Crippen LogP contribution in [0, 0.1) is 0 Å². The maximum atomic E-state index is 12.5. The lowest BCUT2D eigenvalue weighted by atomic mass is 10.2. The number of hydrogen-bond acceptors (Lipinski definition) is 5. The summed E-state index contributed by atoms with van der Waals surface area (Å²) in [5, 5.41) is 6.68. The zero-order chi connectivity index (χ0) is 22.2. The number of hydrogen-bond donors (Lipinski definition) is 2. The van der Waals surface area contributed by atoms with E-state index in [9.17, 15) is 4.79 Å². The van der Waals surface area contributed by atoms with Crippen LogP contribution in [0.25, 0.3) is 10.9 Å². The molecule has 32 heavy (non-hydrogen) atoms. The lowest BCUT2D eigenvalue weighted by molar-refractivity contribution is 0.251. The number of ether oxygens (including phenoxy) is 2. The molecule has 0 unspecified atom stereocenters. The molecule has 2 aromatic heterocycles. The SMILES string of the molecule is CCCOc1ccccc1Oc1ncccc1CNC(=O)Nc1cccc2cccnc12. The van der Waals surface area contributed by atoms with E-state index in [0.717, 1.165) is 22.9 Å². The third kappa shape index (κ3) is 5.13. The van der Waals surface area contributed by atoms with Gasteiger partial charge in [0.25, 0.3) is 0 Å². The first-order valence-corrected chi connectivity index (χ1v) is 10.5. The van der Waals surface area contributed by atoms with E-state index in [1.807, 2.05) is 67.6 Å². The summed E-state index contributed by atoms with van der Waals surface area (Å²) >= 11 is 0. The van der Waals surface area contributed by atoms with Crippen LogP contribution in [-0.4, -0.2) is 22.6 Å². The number of rotatable bonds is 8. The number of urea groups is 1. The number of anilines is 1. The summed E-state index contributed by atoms with van der Waals surface area (Å²) in [6.45, 7) is 2.89. The minimum Gasteiger partial charge on any atom is -0.490 e. The second-order valence-electron chi connectivity index (χ2n) is 7.05. The van der Waals surface area contributed by atoms with E-state index in [-0.39, 0.29) is 12.6 Å². The van der Waals surface area contributed by atoms with Gasteiger partial charge < -0.3 is 20.1 Å². The monoisotopic (exact) mass is 428 g/mol. The van der Waals surface area contributed by atoms with Gasteiger partial charge in [0.2, 0.25) is 5.88 Å². The number of para-hydroxylation sites is 3. The van der Waals surface area contributed by atoms with Crippen molar-refractivity contribution in [2.75, 3.05) is 11.9 Å². The highest BCUT2D eigenvalue weighted by atomic mass is 16.5. The van der Waals surface area contributed by atoms with Gasteiger partial charge in [-0.25, -0.2) is 9.78 Å². The summed E-state index contributed by atoms with van der Waals surface area (Å²) in [7, 11) is 0. The molecule has 2 aromatic carbocycles. The Labute approximate surface area is 186 Å². The van der Waals surface area contributed by atoms with Gasteiger partial charge in [-0.2, -0.15) is 0 Å². The van der Waals surface area contributed by atoms with Crippen molar-refractivity contribution in [3.63, 3.8) is 0 Å². The molecule has 2 amide bonds. The van der Waals surface area contributed by atoms with E-state index in [1.165, 1.54) is 0 Å². The summed E-state index contributed by atoms with van der Waals surface area (Å²) in [5.74, 6) is 1.64. The molecule has 0 aliphatic rings. The highest BCUT2D eigenvalue weighted by Crippen LogP contribution is 2.32. The number of carbonyl (C=O) groups is 1. The van der Waals surface area contributed by atoms with Crippen molar-refractivity contribution in [3.8, 4) is 17.4 Å². The molecular weight excluding hydrogens is 404 g/mol. The predicted octanol–water partition coefficient (Wildman–Crippen LogP) is 5.53. The van der Waals surface area contributed by atoms with E-state index >= 15 is 0 Å². The van der Waals surface area contributed by atoms with Gasteiger partial charge >= 0.3 is 6.03 Å². The maximum Gasteiger partial charge on any atom is 0.319 e. The largest absolute Gasteiger partial charge is 0.490 e. The van der Waals surface area contributed by atoms with E-state index in [2.05, 4.69) is 20.6 Å². The van der Waals surface area contributed by atoms with Crippen molar-refractivity contribution in [2.45, 2.75) is 19.9 Å². The molecule has 7 heteroatoms. The molecule has 7 nitrogen and oxygen atoms in total. The summed E-state index contributed by atoms with van der Waals surface area (Å²) < 4.78 is 11.8. The Bertz CT molecular complexity index is 1210. The number of aromatic nitrogens is 2. The summed E-state index contributed by atoms with van der Waals surface area (Å²) in [6, 6.07) is 20.2. The molecule has 0 bridgehead atoms. The van der Waals surface area contributed by atoms with E-state index in [4.69, 9.17) is 9.47 Å². The zero-order valence-corrected chi connectivity index (χ0v) is 17.7. The normalized spacial score (nSPS) is 10.5. The lowest BCUT2D eigenvalue weighted by Gasteiger charge is -2.14. The summed E-state index contributed by atoms with van der Waals surface area (Å²) in [5.41, 5.74) is 2.12. The van der Waals surface area contributed by atoms with Gasteiger partial charge in [0.1, 0.15) is 0 Å². The number of nitrogens with zero attached hydrogens (tertiary/aromatic N) is 2. The van der Waals surface area contributed by atoms with Gasteiger partial charge in [0.05, 0.1) is 17.8 Å². The fourth-order valence-corrected chi connectivity index (χ4v) is 3.17. The van der Waals surface area contributed by atoms with Crippen molar-refractivity contribution >= 4 is 22.6 Å². The van der Waals surface area contributed by atoms with Crippen LogP contribution in [0.4, 0.5) is 10.5 Å². The van der Waals surface area contributed by atoms with E-state index in [0.29, 0.717) is 29.7 Å². The van der Waals surface area contributed by atoms with Crippen molar-refractivity contribution in [1.29, 1.82) is 0 Å². The Kier molecular flexibility index (Phi) is 6.77. The molecule has 2 heterocycles. The summed E-state index contributed by atoms with van der Waals surface area (Å²) in [6.07, 6.45) is 4.25. The molecular formula is C25H24N4O3. The van der Waals surface area contributed by atoms with Gasteiger partial charge in [-0.05, 0) is 36.8 Å². The highest BCUT2D eigenvalue weighted by molar-refractivity contribution is 5.99. The van der Waals surface area contributed by atoms with Crippen LogP contribution in [0.2, 0.25) is 0 Å². The first-order chi connectivity index (χ1) is 15.7. The molecule has 0 saturated carbocycles. The molecule has 4 aromatic rings. The number of pyridine rings is 2. The Balaban J connectivity index is 1.44. The van der Waals surface area contributed by atoms with E-state index < -0.39 is 0 Å². The molecule has 4 rings (SSSR count). The van der Waals surface area contributed by atoms with Crippen LogP contribution in [0.15, 0.2) is 79.1 Å². The lowest BCUT2D eigenvalue weighted by Crippen LogP contribution is -2.28. The number of carbonyl (C=O) groups excluding carboxylic acids is 1. The molecule has 0 radical (unpaired) electrons. The molecule has 0 aliphatic carbocycles. The average Bonchev–Trinajstić information content (AvgIpc) is 2.83. The molecule has 162 valence electrons. The third-order valence-corrected chi connectivity index (χ3v) is 4.69. The van der Waals surface area contributed by atoms with Crippen LogP contribution in [-0.2, 0) is 6.54 Å². The molecule has 2 N–H and O–H groups in total. The second-order valence-corrected chi connectivity index (χ2v) is 7.05. The van der Waals surface area contributed by atoms with Crippen LogP contribution in [0.5, 0.6) is 17.4 Å². The average molecular weight is 428 g/mol. The first-order valence-electron chi connectivity index (χ1n) is 10.5. The van der Waals surface area contributed by atoms with Crippen molar-refractivity contribution < 1.29 is 14.3 Å². The number of amides is 2. The quantitative estimate of drug-likeness (QED) is 0.385. The van der Waals surface area contributed by atoms with Gasteiger partial charge in [-0.1, -0.05) is 43.3 Å². The fourth-order valence-electron chi connectivity index (χ4n) is 3.17. The fraction of sp³-hybridized carbons (Fsp3) is 0.160. The van der Waals surface area contributed by atoms with Crippen LogP contribution in [0.3, 0.4) is 0 Å². The van der Waals surface area contributed by atoms with Gasteiger partial charge in [0, 0.05) is 29.9 Å². The highest BCUT2D eigenvalue weighted by Gasteiger charge is 2.12. The molecule has 0 atom stereocenters.